The highest BCUT2D eigenvalue weighted by molar-refractivity contribution is 7.68. The zero-order valence-corrected chi connectivity index (χ0v) is 15.1. The summed E-state index contributed by atoms with van der Waals surface area (Å²) < 4.78 is 22.2. The number of hydrogen-bond acceptors (Lipinski definition) is 2. The maximum Gasteiger partial charge on any atom is 0.200 e. The fraction of sp³-hybridized carbons (Fsp3) is 0.238. The Balaban J connectivity index is 1.78. The van der Waals surface area contributed by atoms with Gasteiger partial charge in [-0.15, -0.1) is 0 Å². The first-order valence-corrected chi connectivity index (χ1v) is 10.6. The molecule has 0 spiro atoms. The second-order valence-corrected chi connectivity index (χ2v) is 8.93. The van der Waals surface area contributed by atoms with Crippen LogP contribution in [0.1, 0.15) is 30.4 Å². The van der Waals surface area contributed by atoms with Crippen molar-refractivity contribution in [3.63, 3.8) is 0 Å². The third kappa shape index (κ3) is 3.49. The van der Waals surface area contributed by atoms with Crippen molar-refractivity contribution in [3.8, 4) is 0 Å². The number of benzene rings is 2. The maximum absolute atomic E-state index is 13.8. The first-order valence-electron chi connectivity index (χ1n) is 8.84. The molecular weight excluding hydrogens is 329 g/mol. The van der Waals surface area contributed by atoms with Gasteiger partial charge in [-0.1, -0.05) is 67.1 Å². The quantitative estimate of drug-likeness (QED) is 0.657. The number of rotatable bonds is 3. The minimum Gasteiger partial charge on any atom is -0.456 e. The van der Waals surface area contributed by atoms with E-state index in [1.807, 2.05) is 72.3 Å². The summed E-state index contributed by atoms with van der Waals surface area (Å²) in [6.45, 7) is 1.77. The lowest BCUT2D eigenvalue weighted by atomic mass is 10.2. The molecule has 1 saturated heterocycles. The van der Waals surface area contributed by atoms with Crippen molar-refractivity contribution < 1.29 is 9.30 Å². The summed E-state index contributed by atoms with van der Waals surface area (Å²) in [7, 11) is -2.75. The van der Waals surface area contributed by atoms with Gasteiger partial charge in [-0.05, 0) is 12.8 Å². The van der Waals surface area contributed by atoms with Gasteiger partial charge < -0.3 is 4.74 Å². The third-order valence-electron chi connectivity index (χ3n) is 4.72. The molecule has 2 aliphatic rings. The van der Waals surface area contributed by atoms with Gasteiger partial charge in [0.05, 0.1) is 0 Å². The smallest absolute Gasteiger partial charge is 0.200 e. The molecule has 0 aromatic heterocycles. The summed E-state index contributed by atoms with van der Waals surface area (Å²) in [5.41, 5.74) is 1.92. The van der Waals surface area contributed by atoms with Crippen LogP contribution >= 0.6 is 7.29 Å². The van der Waals surface area contributed by atoms with Gasteiger partial charge in [0.25, 0.3) is 0 Å². The van der Waals surface area contributed by atoms with Gasteiger partial charge in [-0.3, -0.25) is 4.57 Å². The Kier molecular flexibility index (Phi) is 4.61. The molecule has 0 radical (unpaired) electrons. The topological polar surface area (TPSA) is 29.5 Å². The minimum absolute atomic E-state index is 0.691. The predicted molar refractivity (Wildman–Crippen MR) is 103 cm³/mol. The molecule has 0 amide bonds. The molecule has 2 aromatic carbocycles. The Morgan fingerprint density at radius 2 is 1.20 bits per heavy atom. The maximum atomic E-state index is 13.8. The molecule has 25 heavy (non-hydrogen) atoms. The van der Waals surface area contributed by atoms with Crippen LogP contribution in [-0.4, -0.2) is 17.8 Å². The molecule has 2 aromatic rings. The molecular formula is C21H22NO2P. The summed E-state index contributed by atoms with van der Waals surface area (Å²) >= 11 is 0. The van der Waals surface area contributed by atoms with Gasteiger partial charge >= 0.3 is 0 Å². The third-order valence-corrected chi connectivity index (χ3v) is 7.21. The monoisotopic (exact) mass is 351 g/mol. The van der Waals surface area contributed by atoms with E-state index in [9.17, 15) is 4.57 Å². The van der Waals surface area contributed by atoms with Gasteiger partial charge in [-0.25, -0.2) is 4.67 Å². The van der Waals surface area contributed by atoms with Crippen LogP contribution in [0.4, 0.5) is 0 Å². The van der Waals surface area contributed by atoms with E-state index >= 15 is 0 Å². The molecule has 0 unspecified atom stereocenters. The Bertz CT molecular complexity index is 777. The van der Waals surface area contributed by atoms with E-state index in [1.54, 1.807) is 0 Å². The normalized spacial score (nSPS) is 20.3. The summed E-state index contributed by atoms with van der Waals surface area (Å²) in [5, 5.41) is 0. The summed E-state index contributed by atoms with van der Waals surface area (Å²) in [6, 6.07) is 19.9. The average Bonchev–Trinajstić information content (AvgIpc) is 2.70. The molecule has 128 valence electrons. The molecule has 0 aliphatic carbocycles. The number of hydrogen-bond donors (Lipinski definition) is 0. The predicted octanol–water partition coefficient (Wildman–Crippen LogP) is 5.78. The number of ether oxygens (including phenoxy) is 1. The lowest BCUT2D eigenvalue weighted by molar-refractivity contribution is 0.350. The van der Waals surface area contributed by atoms with Crippen molar-refractivity contribution in [1.29, 1.82) is 0 Å². The largest absolute Gasteiger partial charge is 0.456 e. The minimum atomic E-state index is -2.75. The Hall–Kier alpha value is -2.09. The van der Waals surface area contributed by atoms with Crippen LogP contribution in [-0.2, 0) is 9.30 Å². The van der Waals surface area contributed by atoms with Crippen molar-refractivity contribution >= 4 is 18.8 Å². The van der Waals surface area contributed by atoms with E-state index in [1.165, 1.54) is 6.42 Å². The summed E-state index contributed by atoms with van der Waals surface area (Å²) in [6.07, 6.45) is 3.43. The molecule has 4 rings (SSSR count). The van der Waals surface area contributed by atoms with E-state index in [-0.39, 0.29) is 0 Å². The van der Waals surface area contributed by atoms with E-state index in [4.69, 9.17) is 4.74 Å². The zero-order chi connectivity index (χ0) is 17.1. The van der Waals surface area contributed by atoms with Crippen LogP contribution in [0.15, 0.2) is 72.3 Å². The molecule has 0 bridgehead atoms. The van der Waals surface area contributed by atoms with E-state index in [0.717, 1.165) is 37.1 Å². The first kappa shape index (κ1) is 16.4. The van der Waals surface area contributed by atoms with Gasteiger partial charge in [0.15, 0.2) is 0 Å². The van der Waals surface area contributed by atoms with E-state index < -0.39 is 7.29 Å². The molecule has 4 heteroatoms. The lowest BCUT2D eigenvalue weighted by Crippen LogP contribution is -2.26. The van der Waals surface area contributed by atoms with Crippen LogP contribution in [0.3, 0.4) is 0 Å². The molecule has 0 N–H and O–H groups in total. The number of piperidine rings is 1. The van der Waals surface area contributed by atoms with Crippen molar-refractivity contribution in [2.24, 2.45) is 0 Å². The molecule has 0 atom stereocenters. The van der Waals surface area contributed by atoms with Crippen LogP contribution in [0, 0.1) is 0 Å². The van der Waals surface area contributed by atoms with Gasteiger partial charge in [0.2, 0.25) is 7.29 Å². The second-order valence-electron chi connectivity index (χ2n) is 6.51. The second kappa shape index (κ2) is 7.03. The Morgan fingerprint density at radius 1 is 0.720 bits per heavy atom. The van der Waals surface area contributed by atoms with Crippen LogP contribution in [0.25, 0.3) is 11.5 Å². The van der Waals surface area contributed by atoms with Crippen LogP contribution in [0.2, 0.25) is 0 Å². The standard InChI is InChI=1S/C21H22NO2P/c23-25(22-14-8-3-9-15-22)16-20(18-10-4-1-5-11-18)24-21(17-25)19-12-6-2-7-13-19/h1-2,4-7,10-13,16-17H,3,8-9,14-15H2. The Morgan fingerprint density at radius 3 is 1.68 bits per heavy atom. The average molecular weight is 351 g/mol. The van der Waals surface area contributed by atoms with Crippen LogP contribution in [0.5, 0.6) is 0 Å². The van der Waals surface area contributed by atoms with Gasteiger partial charge in [0.1, 0.15) is 11.5 Å². The highest BCUT2D eigenvalue weighted by Crippen LogP contribution is 2.59. The van der Waals surface area contributed by atoms with E-state index in [2.05, 4.69) is 4.67 Å². The zero-order valence-electron chi connectivity index (χ0n) is 14.2. The lowest BCUT2D eigenvalue weighted by Gasteiger charge is -2.34. The van der Waals surface area contributed by atoms with Crippen molar-refractivity contribution in [2.75, 3.05) is 13.1 Å². The van der Waals surface area contributed by atoms with Gasteiger partial charge in [-0.2, -0.15) is 0 Å². The molecule has 3 nitrogen and oxygen atoms in total. The summed E-state index contributed by atoms with van der Waals surface area (Å²) in [4.78, 5) is 0. The highest BCUT2D eigenvalue weighted by atomic mass is 31.2. The fourth-order valence-corrected chi connectivity index (χ4v) is 5.75. The fourth-order valence-electron chi connectivity index (χ4n) is 3.37. The molecule has 1 fully saturated rings. The number of nitrogens with zero attached hydrogens (tertiary/aromatic N) is 1. The molecule has 2 aliphatic heterocycles. The molecule has 0 saturated carbocycles. The van der Waals surface area contributed by atoms with Crippen molar-refractivity contribution in [2.45, 2.75) is 19.3 Å². The first-order chi connectivity index (χ1) is 12.2. The van der Waals surface area contributed by atoms with Crippen molar-refractivity contribution in [3.05, 3.63) is 83.4 Å². The van der Waals surface area contributed by atoms with E-state index in [0.29, 0.717) is 11.5 Å². The van der Waals surface area contributed by atoms with Crippen molar-refractivity contribution in [1.82, 2.24) is 4.67 Å². The Labute approximate surface area is 149 Å². The molecule has 2 heterocycles. The van der Waals surface area contributed by atoms with Gasteiger partial charge in [0, 0.05) is 35.9 Å². The SMILES string of the molecule is O=P1(N2CCCCC2)C=C(c2ccccc2)OC(c2ccccc2)=C1. The summed E-state index contributed by atoms with van der Waals surface area (Å²) in [5.74, 6) is 5.08. The highest BCUT2D eigenvalue weighted by Gasteiger charge is 2.33. The van der Waals surface area contributed by atoms with Crippen LogP contribution < -0.4 is 0 Å².